The highest BCUT2D eigenvalue weighted by molar-refractivity contribution is 5.90. The van der Waals surface area contributed by atoms with Crippen molar-refractivity contribution in [2.75, 3.05) is 0 Å². The molecule has 0 aliphatic heterocycles. The minimum atomic E-state index is -0.531. The van der Waals surface area contributed by atoms with Crippen LogP contribution in [0.25, 0.3) is 6.08 Å². The molecule has 0 fully saturated rings. The number of carbonyl (C=O) groups is 1. The summed E-state index contributed by atoms with van der Waals surface area (Å²) in [6.07, 6.45) is 5.40. The summed E-state index contributed by atoms with van der Waals surface area (Å²) in [5.74, 6) is -0.531. The molecule has 0 radical (unpaired) electrons. The van der Waals surface area contributed by atoms with Gasteiger partial charge in [0.15, 0.2) is 12.4 Å². The average Bonchev–Trinajstić information content (AvgIpc) is 2.01. The largest absolute Gasteiger partial charge is 0.619 e. The van der Waals surface area contributed by atoms with E-state index in [1.807, 2.05) is 0 Å². The third kappa shape index (κ3) is 2.42. The molecule has 1 aromatic heterocycles. The van der Waals surface area contributed by atoms with Gasteiger partial charge in [-0.15, -0.1) is 0 Å². The molecule has 1 heterocycles. The maximum Gasteiger partial charge on any atom is 0.241 e. The molecule has 1 aromatic rings. The van der Waals surface area contributed by atoms with Crippen LogP contribution in [0, 0.1) is 5.21 Å². The topological polar surface area (TPSA) is 70.0 Å². The summed E-state index contributed by atoms with van der Waals surface area (Å²) in [6, 6.07) is 3.29. The third-order valence-electron chi connectivity index (χ3n) is 1.24. The minimum absolute atomic E-state index is 0.531. The molecule has 0 atom stereocenters. The van der Waals surface area contributed by atoms with Gasteiger partial charge < -0.3 is 10.9 Å². The minimum Gasteiger partial charge on any atom is -0.619 e. The van der Waals surface area contributed by atoms with Gasteiger partial charge in [-0.25, -0.2) is 0 Å². The maximum atomic E-state index is 10.7. The lowest BCUT2D eigenvalue weighted by Gasteiger charge is -1.94. The fourth-order valence-corrected chi connectivity index (χ4v) is 0.749. The van der Waals surface area contributed by atoms with E-state index in [1.54, 1.807) is 12.1 Å². The van der Waals surface area contributed by atoms with Crippen LogP contribution in [0.3, 0.4) is 0 Å². The zero-order chi connectivity index (χ0) is 8.97. The molecule has 1 rings (SSSR count). The molecule has 0 saturated carbocycles. The van der Waals surface area contributed by atoms with Crippen molar-refractivity contribution in [2.45, 2.75) is 0 Å². The van der Waals surface area contributed by atoms with E-state index in [9.17, 15) is 10.0 Å². The van der Waals surface area contributed by atoms with E-state index in [2.05, 4.69) is 0 Å². The molecular weight excluding hydrogens is 156 g/mol. The van der Waals surface area contributed by atoms with Crippen LogP contribution < -0.4 is 10.5 Å². The van der Waals surface area contributed by atoms with Gasteiger partial charge in [-0.3, -0.25) is 4.79 Å². The SMILES string of the molecule is NC(=O)/C=C\c1ccc[n+]([O-])c1. The number of hydrogen-bond donors (Lipinski definition) is 1. The van der Waals surface area contributed by atoms with Crippen LogP contribution in [-0.2, 0) is 4.79 Å². The van der Waals surface area contributed by atoms with E-state index in [1.165, 1.54) is 24.5 Å². The van der Waals surface area contributed by atoms with E-state index in [-0.39, 0.29) is 0 Å². The van der Waals surface area contributed by atoms with Crippen LogP contribution in [0.1, 0.15) is 5.56 Å². The van der Waals surface area contributed by atoms with Crippen molar-refractivity contribution < 1.29 is 9.52 Å². The van der Waals surface area contributed by atoms with Crippen molar-refractivity contribution in [3.05, 3.63) is 41.4 Å². The zero-order valence-electron chi connectivity index (χ0n) is 6.31. The van der Waals surface area contributed by atoms with Crippen molar-refractivity contribution in [2.24, 2.45) is 5.73 Å². The molecule has 0 aromatic carbocycles. The third-order valence-corrected chi connectivity index (χ3v) is 1.24. The quantitative estimate of drug-likeness (QED) is 0.374. The van der Waals surface area contributed by atoms with Gasteiger partial charge in [0.1, 0.15) is 0 Å². The number of rotatable bonds is 2. The Hall–Kier alpha value is -1.84. The normalized spacial score (nSPS) is 10.3. The Morgan fingerprint density at radius 2 is 2.42 bits per heavy atom. The molecule has 12 heavy (non-hydrogen) atoms. The van der Waals surface area contributed by atoms with Crippen LogP contribution in [0.15, 0.2) is 30.6 Å². The van der Waals surface area contributed by atoms with Gasteiger partial charge in [0.25, 0.3) is 0 Å². The summed E-state index contributed by atoms with van der Waals surface area (Å²) in [6.45, 7) is 0. The molecule has 1 amide bonds. The van der Waals surface area contributed by atoms with Crippen molar-refractivity contribution in [3.8, 4) is 0 Å². The Labute approximate surface area is 69.5 Å². The Kier molecular flexibility index (Phi) is 2.42. The first-order valence-corrected chi connectivity index (χ1v) is 3.35. The molecule has 62 valence electrons. The van der Waals surface area contributed by atoms with Crippen molar-refractivity contribution in [3.63, 3.8) is 0 Å². The lowest BCUT2D eigenvalue weighted by molar-refractivity contribution is -0.605. The predicted octanol–water partition coefficient (Wildman–Crippen LogP) is -0.181. The van der Waals surface area contributed by atoms with Crippen LogP contribution >= 0.6 is 0 Å². The fraction of sp³-hybridized carbons (Fsp3) is 0. The Morgan fingerprint density at radius 1 is 1.67 bits per heavy atom. The summed E-state index contributed by atoms with van der Waals surface area (Å²) < 4.78 is 0.653. The molecular formula is C8H8N2O2. The van der Waals surface area contributed by atoms with Crippen LogP contribution in [0.4, 0.5) is 0 Å². The summed E-state index contributed by atoms with van der Waals surface area (Å²) >= 11 is 0. The highest BCUT2D eigenvalue weighted by Crippen LogP contribution is 1.96. The van der Waals surface area contributed by atoms with E-state index >= 15 is 0 Å². The molecule has 4 heteroatoms. The van der Waals surface area contributed by atoms with E-state index in [0.717, 1.165) is 0 Å². The number of pyridine rings is 1. The van der Waals surface area contributed by atoms with E-state index in [0.29, 0.717) is 10.3 Å². The lowest BCUT2D eigenvalue weighted by atomic mass is 10.2. The second-order valence-corrected chi connectivity index (χ2v) is 2.23. The highest BCUT2D eigenvalue weighted by Gasteiger charge is 1.91. The van der Waals surface area contributed by atoms with Crippen molar-refractivity contribution in [1.82, 2.24) is 0 Å². The van der Waals surface area contributed by atoms with Gasteiger partial charge >= 0.3 is 0 Å². The van der Waals surface area contributed by atoms with Crippen molar-refractivity contribution in [1.29, 1.82) is 0 Å². The first kappa shape index (κ1) is 8.26. The summed E-state index contributed by atoms with van der Waals surface area (Å²) in [5, 5.41) is 10.7. The van der Waals surface area contributed by atoms with Gasteiger partial charge in [-0.05, 0) is 12.1 Å². The number of nitrogens with two attached hydrogens (primary N) is 1. The molecule has 4 nitrogen and oxygen atoms in total. The van der Waals surface area contributed by atoms with Gasteiger partial charge in [0.2, 0.25) is 5.91 Å². The molecule has 0 aliphatic rings. The number of amides is 1. The lowest BCUT2D eigenvalue weighted by Crippen LogP contribution is -2.24. The first-order valence-electron chi connectivity index (χ1n) is 3.35. The summed E-state index contributed by atoms with van der Waals surface area (Å²) in [7, 11) is 0. The van der Waals surface area contributed by atoms with Gasteiger partial charge in [0.05, 0.1) is 0 Å². The number of carbonyl (C=O) groups excluding carboxylic acids is 1. The summed E-state index contributed by atoms with van der Waals surface area (Å²) in [4.78, 5) is 10.3. The van der Waals surface area contributed by atoms with Gasteiger partial charge in [-0.1, -0.05) is 0 Å². The number of nitrogens with zero attached hydrogens (tertiary/aromatic N) is 1. The Bertz CT molecular complexity index is 321. The monoisotopic (exact) mass is 164 g/mol. The highest BCUT2D eigenvalue weighted by atomic mass is 16.5. The molecule has 0 bridgehead atoms. The van der Waals surface area contributed by atoms with Crippen LogP contribution in [0.5, 0.6) is 0 Å². The van der Waals surface area contributed by atoms with Gasteiger partial charge in [-0.2, -0.15) is 4.73 Å². The molecule has 0 unspecified atom stereocenters. The van der Waals surface area contributed by atoms with Gasteiger partial charge in [0, 0.05) is 17.7 Å². The number of primary amides is 1. The van der Waals surface area contributed by atoms with Crippen LogP contribution in [0.2, 0.25) is 0 Å². The van der Waals surface area contributed by atoms with Crippen molar-refractivity contribution >= 4 is 12.0 Å². The molecule has 0 saturated heterocycles. The van der Waals surface area contributed by atoms with E-state index in [4.69, 9.17) is 5.73 Å². The molecule has 0 spiro atoms. The Morgan fingerprint density at radius 3 is 3.00 bits per heavy atom. The standard InChI is InChI=1S/C8H8N2O2/c9-8(11)4-3-7-2-1-5-10(12)6-7/h1-6H,(H2,9,11)/b4-3-. The first-order chi connectivity index (χ1) is 5.68. The second-order valence-electron chi connectivity index (χ2n) is 2.23. The zero-order valence-corrected chi connectivity index (χ0v) is 6.31. The average molecular weight is 164 g/mol. The number of hydrogen-bond acceptors (Lipinski definition) is 2. The maximum absolute atomic E-state index is 10.7. The summed E-state index contributed by atoms with van der Waals surface area (Å²) in [5.41, 5.74) is 5.51. The molecule has 2 N–H and O–H groups in total. The fourth-order valence-electron chi connectivity index (χ4n) is 0.749. The smallest absolute Gasteiger partial charge is 0.241 e. The second kappa shape index (κ2) is 3.52. The predicted molar refractivity (Wildman–Crippen MR) is 43.6 cm³/mol. The van der Waals surface area contributed by atoms with Crippen LogP contribution in [-0.4, -0.2) is 5.91 Å². The Balaban J connectivity index is 2.83. The van der Waals surface area contributed by atoms with E-state index < -0.39 is 5.91 Å². The molecule has 0 aliphatic carbocycles. The number of aromatic nitrogens is 1.